The minimum absolute atomic E-state index is 0.0248. The number of hydrogen-bond acceptors (Lipinski definition) is 3. The molecule has 0 radical (unpaired) electrons. The molecule has 0 saturated heterocycles. The van der Waals surface area contributed by atoms with Gasteiger partial charge in [0.05, 0.1) is 5.41 Å². The number of carbonyl (C=O) groups excluding carboxylic acids is 2. The van der Waals surface area contributed by atoms with Gasteiger partial charge in [-0.3, -0.25) is 9.59 Å². The molecule has 116 valence electrons. The van der Waals surface area contributed by atoms with Crippen LogP contribution >= 0.6 is 0 Å². The molecule has 1 saturated carbocycles. The Labute approximate surface area is 122 Å². The van der Waals surface area contributed by atoms with E-state index >= 15 is 0 Å². The molecular formula is C15H29N3O2. The molecule has 0 aromatic rings. The molecule has 5 nitrogen and oxygen atoms in total. The van der Waals surface area contributed by atoms with Crippen LogP contribution in [0.15, 0.2) is 0 Å². The lowest BCUT2D eigenvalue weighted by Gasteiger charge is -2.36. The first-order valence-corrected chi connectivity index (χ1v) is 7.44. The first kappa shape index (κ1) is 17.0. The predicted octanol–water partition coefficient (Wildman–Crippen LogP) is 0.884. The summed E-state index contributed by atoms with van der Waals surface area (Å²) in [6.07, 6.45) is 1.71. The van der Waals surface area contributed by atoms with E-state index < -0.39 is 5.41 Å². The Morgan fingerprint density at radius 3 is 2.35 bits per heavy atom. The van der Waals surface area contributed by atoms with E-state index in [-0.39, 0.29) is 23.8 Å². The van der Waals surface area contributed by atoms with Crippen LogP contribution in [0.25, 0.3) is 0 Å². The molecule has 4 atom stereocenters. The first-order chi connectivity index (χ1) is 9.19. The van der Waals surface area contributed by atoms with Crippen molar-refractivity contribution < 1.29 is 9.59 Å². The van der Waals surface area contributed by atoms with Gasteiger partial charge in [-0.15, -0.1) is 0 Å². The van der Waals surface area contributed by atoms with Gasteiger partial charge in [-0.2, -0.15) is 0 Å². The first-order valence-electron chi connectivity index (χ1n) is 7.44. The van der Waals surface area contributed by atoms with Gasteiger partial charge in [0.2, 0.25) is 11.8 Å². The Morgan fingerprint density at radius 2 is 1.80 bits per heavy atom. The number of nitrogens with one attached hydrogen (secondary N) is 2. The lowest BCUT2D eigenvalue weighted by atomic mass is 9.72. The highest BCUT2D eigenvalue weighted by atomic mass is 16.2. The Bertz CT molecular complexity index is 368. The largest absolute Gasteiger partial charge is 0.359 e. The van der Waals surface area contributed by atoms with E-state index in [9.17, 15) is 9.59 Å². The topological polar surface area (TPSA) is 84.2 Å². The van der Waals surface area contributed by atoms with Crippen molar-refractivity contribution in [3.63, 3.8) is 0 Å². The van der Waals surface area contributed by atoms with Crippen LogP contribution in [0, 0.1) is 23.2 Å². The van der Waals surface area contributed by atoms with Crippen molar-refractivity contribution in [1.82, 2.24) is 10.6 Å². The van der Waals surface area contributed by atoms with Gasteiger partial charge in [0.15, 0.2) is 0 Å². The SMILES string of the molecule is CNC(=O)C(C)(C)CNC(=O)C1CC(N)C(C)CC1C. The van der Waals surface area contributed by atoms with Crippen molar-refractivity contribution in [3.8, 4) is 0 Å². The van der Waals surface area contributed by atoms with E-state index in [4.69, 9.17) is 5.73 Å². The second-order valence-electron chi connectivity index (χ2n) is 6.88. The smallest absolute Gasteiger partial charge is 0.227 e. The third kappa shape index (κ3) is 3.95. The Morgan fingerprint density at radius 1 is 1.20 bits per heavy atom. The van der Waals surface area contributed by atoms with Crippen LogP contribution in [0.4, 0.5) is 0 Å². The molecule has 0 bridgehead atoms. The molecule has 4 N–H and O–H groups in total. The van der Waals surface area contributed by atoms with E-state index in [0.717, 1.165) is 12.8 Å². The lowest BCUT2D eigenvalue weighted by Crippen LogP contribution is -2.49. The molecule has 1 rings (SSSR count). The summed E-state index contributed by atoms with van der Waals surface area (Å²) in [4.78, 5) is 24.0. The summed E-state index contributed by atoms with van der Waals surface area (Å²) < 4.78 is 0. The maximum atomic E-state index is 12.3. The number of carbonyl (C=O) groups is 2. The molecule has 5 heteroatoms. The number of hydrogen-bond donors (Lipinski definition) is 3. The van der Waals surface area contributed by atoms with Crippen LogP contribution in [0.3, 0.4) is 0 Å². The second-order valence-corrected chi connectivity index (χ2v) is 6.88. The molecule has 1 aliphatic carbocycles. The van der Waals surface area contributed by atoms with Crippen LogP contribution in [-0.4, -0.2) is 31.4 Å². The van der Waals surface area contributed by atoms with E-state index in [1.807, 2.05) is 13.8 Å². The molecule has 20 heavy (non-hydrogen) atoms. The van der Waals surface area contributed by atoms with Gasteiger partial charge in [0.25, 0.3) is 0 Å². The summed E-state index contributed by atoms with van der Waals surface area (Å²) in [5.74, 6) is 0.725. The van der Waals surface area contributed by atoms with E-state index in [1.54, 1.807) is 7.05 Å². The molecule has 0 aliphatic heterocycles. The Balaban J connectivity index is 2.57. The highest BCUT2D eigenvalue weighted by molar-refractivity contribution is 5.84. The highest BCUT2D eigenvalue weighted by Crippen LogP contribution is 2.33. The number of rotatable bonds is 4. The summed E-state index contributed by atoms with van der Waals surface area (Å²) in [5.41, 5.74) is 5.48. The monoisotopic (exact) mass is 283 g/mol. The van der Waals surface area contributed by atoms with Crippen LogP contribution in [0.2, 0.25) is 0 Å². The maximum absolute atomic E-state index is 12.3. The van der Waals surface area contributed by atoms with Crippen molar-refractivity contribution in [2.75, 3.05) is 13.6 Å². The summed E-state index contributed by atoms with van der Waals surface area (Å²) in [7, 11) is 1.61. The van der Waals surface area contributed by atoms with Crippen LogP contribution in [0.1, 0.15) is 40.5 Å². The van der Waals surface area contributed by atoms with E-state index in [1.165, 1.54) is 0 Å². The molecule has 0 heterocycles. The van der Waals surface area contributed by atoms with E-state index in [2.05, 4.69) is 24.5 Å². The van der Waals surface area contributed by atoms with Gasteiger partial charge < -0.3 is 16.4 Å². The summed E-state index contributed by atoms with van der Waals surface area (Å²) >= 11 is 0. The molecule has 0 spiro atoms. The average molecular weight is 283 g/mol. The van der Waals surface area contributed by atoms with Crippen molar-refractivity contribution >= 4 is 11.8 Å². The molecule has 1 fully saturated rings. The molecular weight excluding hydrogens is 254 g/mol. The maximum Gasteiger partial charge on any atom is 0.227 e. The second kappa shape index (κ2) is 6.57. The van der Waals surface area contributed by atoms with Crippen molar-refractivity contribution in [2.45, 2.75) is 46.6 Å². The minimum Gasteiger partial charge on any atom is -0.359 e. The standard InChI is InChI=1S/C15H29N3O2/c1-9-6-10(2)12(16)7-11(9)13(19)18-8-15(3,4)14(20)17-5/h9-12H,6-8,16H2,1-5H3,(H,17,20)(H,18,19). The fourth-order valence-corrected chi connectivity index (χ4v) is 2.91. The Hall–Kier alpha value is -1.10. The highest BCUT2D eigenvalue weighted by Gasteiger charge is 2.36. The molecule has 1 aliphatic rings. The zero-order valence-corrected chi connectivity index (χ0v) is 13.3. The van der Waals surface area contributed by atoms with Crippen molar-refractivity contribution in [1.29, 1.82) is 0 Å². The summed E-state index contributed by atoms with van der Waals surface area (Å²) in [6, 6.07) is 0.0916. The van der Waals surface area contributed by atoms with Crippen LogP contribution in [0.5, 0.6) is 0 Å². The summed E-state index contributed by atoms with van der Waals surface area (Å²) in [6.45, 7) is 8.24. The fraction of sp³-hybridized carbons (Fsp3) is 0.867. The average Bonchev–Trinajstić information content (AvgIpc) is 2.39. The quantitative estimate of drug-likeness (QED) is 0.716. The zero-order chi connectivity index (χ0) is 15.5. The van der Waals surface area contributed by atoms with Gasteiger partial charge >= 0.3 is 0 Å². The lowest BCUT2D eigenvalue weighted by molar-refractivity contribution is -0.131. The zero-order valence-electron chi connectivity index (χ0n) is 13.3. The number of amides is 2. The van der Waals surface area contributed by atoms with Crippen molar-refractivity contribution in [2.24, 2.45) is 28.9 Å². The van der Waals surface area contributed by atoms with Gasteiger partial charge in [-0.25, -0.2) is 0 Å². The Kier molecular flexibility index (Phi) is 5.57. The van der Waals surface area contributed by atoms with Gasteiger partial charge in [0, 0.05) is 25.6 Å². The van der Waals surface area contributed by atoms with Crippen LogP contribution < -0.4 is 16.4 Å². The van der Waals surface area contributed by atoms with Crippen molar-refractivity contribution in [3.05, 3.63) is 0 Å². The normalized spacial score (nSPS) is 30.7. The van der Waals surface area contributed by atoms with Gasteiger partial charge in [0.1, 0.15) is 0 Å². The van der Waals surface area contributed by atoms with E-state index in [0.29, 0.717) is 18.4 Å². The number of nitrogens with two attached hydrogens (primary N) is 1. The third-order valence-electron chi connectivity index (χ3n) is 4.57. The van der Waals surface area contributed by atoms with Gasteiger partial charge in [-0.1, -0.05) is 13.8 Å². The predicted molar refractivity (Wildman–Crippen MR) is 79.9 cm³/mol. The third-order valence-corrected chi connectivity index (χ3v) is 4.57. The molecule has 0 aromatic carbocycles. The minimum atomic E-state index is -0.599. The molecule has 0 aromatic heterocycles. The molecule has 4 unspecified atom stereocenters. The van der Waals surface area contributed by atoms with Gasteiger partial charge in [-0.05, 0) is 38.5 Å². The molecule has 2 amide bonds. The summed E-state index contributed by atoms with van der Waals surface area (Å²) in [5, 5.41) is 5.54. The van der Waals surface area contributed by atoms with Crippen LogP contribution in [-0.2, 0) is 9.59 Å². The fourth-order valence-electron chi connectivity index (χ4n) is 2.91.